The fourth-order valence-corrected chi connectivity index (χ4v) is 3.94. The molecule has 7 heteroatoms. The van der Waals surface area contributed by atoms with Gasteiger partial charge in [0.2, 0.25) is 5.91 Å². The van der Waals surface area contributed by atoms with Gasteiger partial charge in [0.05, 0.1) is 15.5 Å². The molecule has 0 fully saturated rings. The first-order valence-corrected chi connectivity index (χ1v) is 8.20. The summed E-state index contributed by atoms with van der Waals surface area (Å²) in [5.74, 6) is -0.650. The van der Waals surface area contributed by atoms with E-state index in [0.717, 1.165) is 25.7 Å². The van der Waals surface area contributed by atoms with Crippen molar-refractivity contribution in [3.8, 4) is 10.4 Å². The molecule has 0 aliphatic carbocycles. The summed E-state index contributed by atoms with van der Waals surface area (Å²) < 4.78 is 13.9. The molecule has 2 heterocycles. The normalized spacial score (nSPS) is 12.5. The Morgan fingerprint density at radius 1 is 1.32 bits per heavy atom. The van der Waals surface area contributed by atoms with Gasteiger partial charge in [-0.05, 0) is 30.7 Å². The van der Waals surface area contributed by atoms with Crippen LogP contribution >= 0.6 is 23.1 Å². The number of aromatic nitrogens is 2. The van der Waals surface area contributed by atoms with Crippen molar-refractivity contribution in [3.05, 3.63) is 42.5 Å². The van der Waals surface area contributed by atoms with E-state index in [2.05, 4.69) is 9.97 Å². The molecule has 1 amide bonds. The number of carbonyl (C=O) groups excluding carboxylic acids is 1. The van der Waals surface area contributed by atoms with Gasteiger partial charge in [0.1, 0.15) is 17.2 Å². The molecule has 22 heavy (non-hydrogen) atoms. The van der Waals surface area contributed by atoms with Gasteiger partial charge in [0, 0.05) is 4.88 Å². The number of primary amides is 1. The third kappa shape index (κ3) is 2.95. The van der Waals surface area contributed by atoms with Crippen molar-refractivity contribution in [2.45, 2.75) is 17.2 Å². The molecule has 1 aromatic carbocycles. The van der Waals surface area contributed by atoms with Gasteiger partial charge in [0.25, 0.3) is 0 Å². The van der Waals surface area contributed by atoms with E-state index in [1.54, 1.807) is 19.1 Å². The zero-order chi connectivity index (χ0) is 15.7. The number of hydrogen-bond donors (Lipinski definition) is 1. The summed E-state index contributed by atoms with van der Waals surface area (Å²) in [6.07, 6.45) is 1.47. The highest BCUT2D eigenvalue weighted by atomic mass is 32.2. The van der Waals surface area contributed by atoms with Crippen LogP contribution in [0, 0.1) is 5.82 Å². The number of carbonyl (C=O) groups is 1. The summed E-state index contributed by atoms with van der Waals surface area (Å²) in [5.41, 5.74) is 7.03. The lowest BCUT2D eigenvalue weighted by Gasteiger charge is -2.05. The molecule has 0 bridgehead atoms. The largest absolute Gasteiger partial charge is 0.369 e. The second-order valence-electron chi connectivity index (χ2n) is 4.67. The smallest absolute Gasteiger partial charge is 0.230 e. The molecule has 112 valence electrons. The predicted molar refractivity (Wildman–Crippen MR) is 87.3 cm³/mol. The van der Waals surface area contributed by atoms with Crippen molar-refractivity contribution < 1.29 is 9.18 Å². The molecule has 3 rings (SSSR count). The van der Waals surface area contributed by atoms with E-state index < -0.39 is 0 Å². The van der Waals surface area contributed by atoms with Crippen LogP contribution in [0.25, 0.3) is 20.7 Å². The van der Waals surface area contributed by atoms with Crippen LogP contribution in [0.2, 0.25) is 0 Å². The van der Waals surface area contributed by atoms with Gasteiger partial charge in [-0.1, -0.05) is 23.9 Å². The third-order valence-electron chi connectivity index (χ3n) is 3.10. The Balaban J connectivity index is 2.02. The molecule has 0 unspecified atom stereocenters. The van der Waals surface area contributed by atoms with Crippen molar-refractivity contribution >= 4 is 39.2 Å². The van der Waals surface area contributed by atoms with Gasteiger partial charge in [-0.2, -0.15) is 0 Å². The molecule has 2 aromatic heterocycles. The number of fused-ring (bicyclic) bond motifs is 1. The van der Waals surface area contributed by atoms with Crippen LogP contribution in [0.3, 0.4) is 0 Å². The first-order valence-electron chi connectivity index (χ1n) is 6.51. The highest BCUT2D eigenvalue weighted by molar-refractivity contribution is 8.00. The summed E-state index contributed by atoms with van der Waals surface area (Å²) in [7, 11) is 0. The van der Waals surface area contributed by atoms with Crippen molar-refractivity contribution in [2.75, 3.05) is 0 Å². The fraction of sp³-hybridized carbons (Fsp3) is 0.133. The summed E-state index contributed by atoms with van der Waals surface area (Å²) >= 11 is 2.83. The molecule has 0 aliphatic heterocycles. The number of nitrogens with two attached hydrogens (primary N) is 1. The molecular weight excluding hydrogens is 321 g/mol. The Morgan fingerprint density at radius 2 is 2.05 bits per heavy atom. The molecule has 1 atom stereocenters. The Bertz CT molecular complexity index is 832. The van der Waals surface area contributed by atoms with E-state index in [9.17, 15) is 9.18 Å². The van der Waals surface area contributed by atoms with E-state index in [-0.39, 0.29) is 17.0 Å². The van der Waals surface area contributed by atoms with E-state index in [1.807, 2.05) is 6.07 Å². The maximum absolute atomic E-state index is 13.0. The molecule has 2 N–H and O–H groups in total. The Morgan fingerprint density at radius 3 is 2.73 bits per heavy atom. The lowest BCUT2D eigenvalue weighted by atomic mass is 10.2. The maximum atomic E-state index is 13.0. The van der Waals surface area contributed by atoms with Crippen LogP contribution in [0.15, 0.2) is 41.7 Å². The highest BCUT2D eigenvalue weighted by Crippen LogP contribution is 2.37. The summed E-state index contributed by atoms with van der Waals surface area (Å²) in [6, 6.07) is 8.25. The summed E-state index contributed by atoms with van der Waals surface area (Å²) in [6.45, 7) is 1.75. The first kappa shape index (κ1) is 14.9. The zero-order valence-corrected chi connectivity index (χ0v) is 13.2. The Kier molecular flexibility index (Phi) is 4.08. The number of rotatable bonds is 4. The van der Waals surface area contributed by atoms with Gasteiger partial charge in [-0.15, -0.1) is 11.3 Å². The van der Waals surface area contributed by atoms with Crippen LogP contribution in [0.4, 0.5) is 4.39 Å². The number of benzene rings is 1. The molecule has 3 aromatic rings. The zero-order valence-electron chi connectivity index (χ0n) is 11.6. The minimum absolute atomic E-state index is 0.267. The van der Waals surface area contributed by atoms with Crippen LogP contribution in [0.5, 0.6) is 0 Å². The van der Waals surface area contributed by atoms with Gasteiger partial charge < -0.3 is 5.73 Å². The molecule has 0 spiro atoms. The van der Waals surface area contributed by atoms with Gasteiger partial charge in [-0.25, -0.2) is 14.4 Å². The topological polar surface area (TPSA) is 68.9 Å². The number of thioether (sulfide) groups is 1. The van der Waals surface area contributed by atoms with Gasteiger partial charge in [-0.3, -0.25) is 4.79 Å². The standard InChI is InChI=1S/C15H12FN3OS2/c1-8(14(17)20)21-15-13-11(18-7-19-15)6-12(22-13)9-2-4-10(16)5-3-9/h2-8H,1H3,(H2,17,20)/t8-/m1/s1. The first-order chi connectivity index (χ1) is 10.5. The maximum Gasteiger partial charge on any atom is 0.230 e. The van der Waals surface area contributed by atoms with Crippen LogP contribution in [-0.4, -0.2) is 21.1 Å². The molecule has 0 saturated heterocycles. The number of halogens is 1. The number of hydrogen-bond acceptors (Lipinski definition) is 5. The third-order valence-corrected chi connectivity index (χ3v) is 5.52. The quantitative estimate of drug-likeness (QED) is 0.586. The fourth-order valence-electron chi connectivity index (χ4n) is 1.90. The van der Waals surface area contributed by atoms with Gasteiger partial charge >= 0.3 is 0 Å². The second kappa shape index (κ2) is 6.02. The van der Waals surface area contributed by atoms with E-state index in [1.165, 1.54) is 41.6 Å². The monoisotopic (exact) mass is 333 g/mol. The average Bonchev–Trinajstić information content (AvgIpc) is 2.93. The molecule has 4 nitrogen and oxygen atoms in total. The lowest BCUT2D eigenvalue weighted by Crippen LogP contribution is -2.22. The van der Waals surface area contributed by atoms with Gasteiger partial charge in [0.15, 0.2) is 0 Å². The van der Waals surface area contributed by atoms with E-state index in [4.69, 9.17) is 5.73 Å². The number of thiophene rings is 1. The predicted octanol–water partition coefficient (Wildman–Crippen LogP) is 3.46. The average molecular weight is 333 g/mol. The van der Waals surface area contributed by atoms with Crippen molar-refractivity contribution in [1.29, 1.82) is 0 Å². The van der Waals surface area contributed by atoms with E-state index in [0.29, 0.717) is 0 Å². The number of nitrogens with zero attached hydrogens (tertiary/aromatic N) is 2. The number of amides is 1. The second-order valence-corrected chi connectivity index (χ2v) is 7.05. The minimum atomic E-state index is -0.382. The van der Waals surface area contributed by atoms with Crippen molar-refractivity contribution in [3.63, 3.8) is 0 Å². The SMILES string of the molecule is C[C@@H](Sc1ncnc2cc(-c3ccc(F)cc3)sc12)C(N)=O. The summed E-state index contributed by atoms with van der Waals surface area (Å²) in [5, 5.41) is 0.365. The van der Waals surface area contributed by atoms with Crippen LogP contribution < -0.4 is 5.73 Å². The van der Waals surface area contributed by atoms with Crippen molar-refractivity contribution in [2.24, 2.45) is 5.73 Å². The molecule has 0 aliphatic rings. The Hall–Kier alpha value is -1.99. The van der Waals surface area contributed by atoms with Crippen LogP contribution in [-0.2, 0) is 4.79 Å². The van der Waals surface area contributed by atoms with E-state index >= 15 is 0 Å². The summed E-state index contributed by atoms with van der Waals surface area (Å²) in [4.78, 5) is 20.7. The molecule has 0 radical (unpaired) electrons. The van der Waals surface area contributed by atoms with Crippen LogP contribution in [0.1, 0.15) is 6.92 Å². The highest BCUT2D eigenvalue weighted by Gasteiger charge is 2.16. The van der Waals surface area contributed by atoms with Crippen molar-refractivity contribution in [1.82, 2.24) is 9.97 Å². The minimum Gasteiger partial charge on any atom is -0.369 e. The molecule has 0 saturated carbocycles. The lowest BCUT2D eigenvalue weighted by molar-refractivity contribution is -0.117. The Labute approximate surface area is 134 Å². The molecular formula is C15H12FN3OS2.